The SMILES string of the molecule is CCCCC(C)N1CCN(C(=O)CN2Cc3cnc(N4CCOCC4)nc3C(C)(C)C2)CC1. The first-order valence-corrected chi connectivity index (χ1v) is 12.8. The molecule has 4 rings (SSSR count). The van der Waals surface area contributed by atoms with Crippen molar-refractivity contribution in [3.05, 3.63) is 17.5 Å². The molecule has 1 atom stereocenters. The van der Waals surface area contributed by atoms with E-state index >= 15 is 0 Å². The van der Waals surface area contributed by atoms with Crippen LogP contribution in [0, 0.1) is 0 Å². The molecule has 33 heavy (non-hydrogen) atoms. The van der Waals surface area contributed by atoms with Crippen LogP contribution in [0.25, 0.3) is 0 Å². The maximum absolute atomic E-state index is 13.1. The molecule has 8 nitrogen and oxygen atoms in total. The van der Waals surface area contributed by atoms with Gasteiger partial charge in [0.1, 0.15) is 0 Å². The fourth-order valence-electron chi connectivity index (χ4n) is 5.44. The highest BCUT2D eigenvalue weighted by Gasteiger charge is 2.36. The van der Waals surface area contributed by atoms with Gasteiger partial charge in [0.2, 0.25) is 11.9 Å². The van der Waals surface area contributed by atoms with Gasteiger partial charge in [-0.25, -0.2) is 9.97 Å². The Labute approximate surface area is 199 Å². The highest BCUT2D eigenvalue weighted by atomic mass is 16.5. The first-order chi connectivity index (χ1) is 15.9. The second kappa shape index (κ2) is 10.7. The van der Waals surface area contributed by atoms with Crippen molar-refractivity contribution in [2.24, 2.45) is 0 Å². The Morgan fingerprint density at radius 2 is 1.88 bits per heavy atom. The quantitative estimate of drug-likeness (QED) is 0.620. The average Bonchev–Trinajstić information content (AvgIpc) is 2.82. The Hall–Kier alpha value is -1.77. The first-order valence-electron chi connectivity index (χ1n) is 12.8. The van der Waals surface area contributed by atoms with Gasteiger partial charge >= 0.3 is 0 Å². The summed E-state index contributed by atoms with van der Waals surface area (Å²) in [6.45, 7) is 17.9. The fourth-order valence-corrected chi connectivity index (χ4v) is 5.44. The predicted molar refractivity (Wildman–Crippen MR) is 131 cm³/mol. The van der Waals surface area contributed by atoms with Crippen molar-refractivity contribution in [1.82, 2.24) is 24.7 Å². The van der Waals surface area contributed by atoms with Gasteiger partial charge in [-0.1, -0.05) is 33.6 Å². The highest BCUT2D eigenvalue weighted by molar-refractivity contribution is 5.78. The molecule has 0 N–H and O–H groups in total. The molecule has 1 unspecified atom stereocenters. The topological polar surface area (TPSA) is 65.0 Å². The fraction of sp³-hybridized carbons (Fsp3) is 0.800. The van der Waals surface area contributed by atoms with E-state index in [9.17, 15) is 4.79 Å². The summed E-state index contributed by atoms with van der Waals surface area (Å²) in [5.41, 5.74) is 2.15. The van der Waals surface area contributed by atoms with Crippen LogP contribution >= 0.6 is 0 Å². The lowest BCUT2D eigenvalue weighted by Crippen LogP contribution is -2.54. The number of nitrogens with zero attached hydrogens (tertiary/aromatic N) is 6. The minimum Gasteiger partial charge on any atom is -0.378 e. The first kappa shape index (κ1) is 24.4. The minimum absolute atomic E-state index is 0.120. The van der Waals surface area contributed by atoms with Gasteiger partial charge in [-0.3, -0.25) is 14.6 Å². The number of unbranched alkanes of at least 4 members (excludes halogenated alkanes) is 1. The van der Waals surface area contributed by atoms with E-state index < -0.39 is 0 Å². The van der Waals surface area contributed by atoms with E-state index in [4.69, 9.17) is 9.72 Å². The second-order valence-corrected chi connectivity index (χ2v) is 10.6. The maximum atomic E-state index is 13.1. The second-order valence-electron chi connectivity index (χ2n) is 10.6. The summed E-state index contributed by atoms with van der Waals surface area (Å²) in [6.07, 6.45) is 5.76. The third kappa shape index (κ3) is 5.84. The molecule has 0 bridgehead atoms. The van der Waals surface area contributed by atoms with Gasteiger partial charge in [-0.2, -0.15) is 0 Å². The molecule has 1 amide bonds. The van der Waals surface area contributed by atoms with E-state index in [0.29, 0.717) is 12.6 Å². The van der Waals surface area contributed by atoms with Crippen LogP contribution in [0.3, 0.4) is 0 Å². The molecule has 0 radical (unpaired) electrons. The van der Waals surface area contributed by atoms with Crippen molar-refractivity contribution in [3.8, 4) is 0 Å². The number of piperazine rings is 1. The number of amides is 1. The van der Waals surface area contributed by atoms with E-state index in [2.05, 4.69) is 52.3 Å². The van der Waals surface area contributed by atoms with Crippen LogP contribution < -0.4 is 4.90 Å². The maximum Gasteiger partial charge on any atom is 0.236 e. The summed E-state index contributed by atoms with van der Waals surface area (Å²) in [7, 11) is 0. The predicted octanol–water partition coefficient (Wildman–Crippen LogP) is 2.13. The summed E-state index contributed by atoms with van der Waals surface area (Å²) >= 11 is 0. The monoisotopic (exact) mass is 458 g/mol. The molecule has 3 aliphatic rings. The smallest absolute Gasteiger partial charge is 0.236 e. The highest BCUT2D eigenvalue weighted by Crippen LogP contribution is 2.32. The molecule has 0 saturated carbocycles. The van der Waals surface area contributed by atoms with Gasteiger partial charge in [-0.05, 0) is 13.3 Å². The van der Waals surface area contributed by atoms with Crippen LogP contribution in [0.2, 0.25) is 0 Å². The molecule has 1 aromatic heterocycles. The van der Waals surface area contributed by atoms with E-state index in [1.54, 1.807) is 0 Å². The number of rotatable bonds is 7. The molecule has 0 aliphatic carbocycles. The number of ether oxygens (including phenoxy) is 1. The van der Waals surface area contributed by atoms with E-state index in [1.807, 2.05) is 6.20 Å². The molecular weight excluding hydrogens is 416 g/mol. The van der Waals surface area contributed by atoms with Gasteiger partial charge in [0, 0.05) is 75.6 Å². The van der Waals surface area contributed by atoms with Crippen LogP contribution in [0.15, 0.2) is 6.20 Å². The van der Waals surface area contributed by atoms with E-state index in [1.165, 1.54) is 19.3 Å². The number of carbonyl (C=O) groups is 1. The molecule has 4 heterocycles. The van der Waals surface area contributed by atoms with Crippen molar-refractivity contribution in [2.75, 3.05) is 70.5 Å². The van der Waals surface area contributed by atoms with Crippen LogP contribution in [0.5, 0.6) is 0 Å². The molecule has 1 aromatic rings. The van der Waals surface area contributed by atoms with Crippen molar-refractivity contribution in [3.63, 3.8) is 0 Å². The summed E-state index contributed by atoms with van der Waals surface area (Å²) in [5.74, 6) is 1.06. The zero-order chi connectivity index (χ0) is 23.4. The normalized spacial score (nSPS) is 22.8. The van der Waals surface area contributed by atoms with Crippen LogP contribution in [0.4, 0.5) is 5.95 Å². The number of hydrogen-bond donors (Lipinski definition) is 0. The number of fused-ring (bicyclic) bond motifs is 1. The minimum atomic E-state index is -0.120. The Kier molecular flexibility index (Phi) is 7.87. The zero-order valence-electron chi connectivity index (χ0n) is 21.1. The lowest BCUT2D eigenvalue weighted by Gasteiger charge is -2.41. The van der Waals surface area contributed by atoms with Gasteiger partial charge < -0.3 is 14.5 Å². The summed E-state index contributed by atoms with van der Waals surface area (Å²) in [5, 5.41) is 0. The van der Waals surface area contributed by atoms with Crippen molar-refractivity contribution in [2.45, 2.75) is 65.0 Å². The number of carbonyl (C=O) groups excluding carboxylic acids is 1. The molecule has 2 fully saturated rings. The van der Waals surface area contributed by atoms with Crippen LogP contribution in [-0.2, 0) is 21.5 Å². The average molecular weight is 459 g/mol. The van der Waals surface area contributed by atoms with Crippen LogP contribution in [-0.4, -0.2) is 102 Å². The van der Waals surface area contributed by atoms with Crippen LogP contribution in [0.1, 0.15) is 58.2 Å². The van der Waals surface area contributed by atoms with E-state index in [0.717, 1.165) is 82.8 Å². The summed E-state index contributed by atoms with van der Waals surface area (Å²) in [6, 6.07) is 0.615. The number of aromatic nitrogens is 2. The Bertz CT molecular complexity index is 802. The number of morpholine rings is 1. The van der Waals surface area contributed by atoms with Crippen molar-refractivity contribution >= 4 is 11.9 Å². The third-order valence-corrected chi connectivity index (χ3v) is 7.42. The van der Waals surface area contributed by atoms with Gasteiger partial charge in [0.15, 0.2) is 0 Å². The number of anilines is 1. The van der Waals surface area contributed by atoms with Gasteiger partial charge in [0.05, 0.1) is 25.5 Å². The van der Waals surface area contributed by atoms with Crippen molar-refractivity contribution in [1.29, 1.82) is 0 Å². The Balaban J connectivity index is 1.33. The van der Waals surface area contributed by atoms with Crippen molar-refractivity contribution < 1.29 is 9.53 Å². The molecule has 8 heteroatoms. The largest absolute Gasteiger partial charge is 0.378 e. The molecule has 0 spiro atoms. The Morgan fingerprint density at radius 1 is 1.15 bits per heavy atom. The molecule has 0 aromatic carbocycles. The van der Waals surface area contributed by atoms with Gasteiger partial charge in [-0.15, -0.1) is 0 Å². The summed E-state index contributed by atoms with van der Waals surface area (Å²) < 4.78 is 5.47. The van der Waals surface area contributed by atoms with Gasteiger partial charge in [0.25, 0.3) is 0 Å². The Morgan fingerprint density at radius 3 is 2.58 bits per heavy atom. The number of hydrogen-bond acceptors (Lipinski definition) is 7. The molecule has 184 valence electrons. The third-order valence-electron chi connectivity index (χ3n) is 7.42. The lowest BCUT2D eigenvalue weighted by molar-refractivity contribution is -0.135. The molecular formula is C25H42N6O2. The standard InChI is InChI=1S/C25H42N6O2/c1-5-6-7-20(2)29-8-10-30(11-9-29)22(32)18-28-17-21-16-26-24(31-12-14-33-15-13-31)27-23(21)25(3,4)19-28/h16,20H,5-15,17-19H2,1-4H3. The summed E-state index contributed by atoms with van der Waals surface area (Å²) in [4.78, 5) is 31.8. The zero-order valence-corrected chi connectivity index (χ0v) is 21.1. The molecule has 2 saturated heterocycles. The molecule has 3 aliphatic heterocycles. The van der Waals surface area contributed by atoms with E-state index in [-0.39, 0.29) is 11.3 Å². The lowest BCUT2D eigenvalue weighted by atomic mass is 9.82.